The van der Waals surface area contributed by atoms with Gasteiger partial charge in [-0.05, 0) is 12.8 Å². The van der Waals surface area contributed by atoms with E-state index in [2.05, 4.69) is 15.3 Å². The highest BCUT2D eigenvalue weighted by Crippen LogP contribution is 2.27. The molecule has 0 radical (unpaired) electrons. The highest BCUT2D eigenvalue weighted by atomic mass is 32.1. The second kappa shape index (κ2) is 7.03. The number of imidazole rings is 1. The number of nitrogens with zero attached hydrogens (tertiary/aromatic N) is 4. The summed E-state index contributed by atoms with van der Waals surface area (Å²) >= 11 is 1.51. The summed E-state index contributed by atoms with van der Waals surface area (Å²) in [5.41, 5.74) is 0. The van der Waals surface area contributed by atoms with E-state index in [-0.39, 0.29) is 30.7 Å². The molecule has 1 fully saturated rings. The fourth-order valence-electron chi connectivity index (χ4n) is 2.76. The van der Waals surface area contributed by atoms with Gasteiger partial charge in [-0.3, -0.25) is 9.36 Å². The fraction of sp³-hybridized carbons (Fsp3) is 0.500. The van der Waals surface area contributed by atoms with E-state index in [0.29, 0.717) is 0 Å². The van der Waals surface area contributed by atoms with E-state index in [1.807, 2.05) is 10.3 Å². The number of aromatic nitrogens is 3. The number of rotatable bonds is 6. The number of nitrogens with one attached hydrogen (secondary N) is 1. The Morgan fingerprint density at radius 3 is 3.04 bits per heavy atom. The van der Waals surface area contributed by atoms with Crippen molar-refractivity contribution in [1.29, 1.82) is 0 Å². The first-order chi connectivity index (χ1) is 11.2. The van der Waals surface area contributed by atoms with Crippen LogP contribution < -0.4 is 10.2 Å². The lowest BCUT2D eigenvalue weighted by Gasteiger charge is -2.23. The maximum atomic E-state index is 12.7. The molecule has 3 heterocycles. The highest BCUT2D eigenvalue weighted by Gasteiger charge is 2.31. The lowest BCUT2D eigenvalue weighted by molar-refractivity contribution is -0.122. The van der Waals surface area contributed by atoms with Gasteiger partial charge in [0.15, 0.2) is 5.13 Å². The summed E-state index contributed by atoms with van der Waals surface area (Å²) in [5, 5.41) is 5.54. The number of carbonyl (C=O) groups is 1. The molecule has 9 heteroatoms. The smallest absolute Gasteiger partial charge is 0.319 e. The van der Waals surface area contributed by atoms with E-state index in [1.54, 1.807) is 6.20 Å². The highest BCUT2D eigenvalue weighted by molar-refractivity contribution is 7.13. The maximum absolute atomic E-state index is 12.7. The van der Waals surface area contributed by atoms with Crippen LogP contribution in [0.2, 0.25) is 0 Å². The summed E-state index contributed by atoms with van der Waals surface area (Å²) in [6.45, 7) is -1.52. The minimum absolute atomic E-state index is 0.0900. The van der Waals surface area contributed by atoms with Gasteiger partial charge in [-0.2, -0.15) is 8.78 Å². The number of carbonyl (C=O) groups excluding carboxylic acids is 1. The van der Waals surface area contributed by atoms with Crippen LogP contribution in [0.3, 0.4) is 0 Å². The number of thiazole rings is 1. The van der Waals surface area contributed by atoms with E-state index in [0.717, 1.165) is 29.1 Å². The fourth-order valence-corrected chi connectivity index (χ4v) is 3.48. The summed E-state index contributed by atoms with van der Waals surface area (Å²) in [6, 6.07) is -0.240. The number of amides is 1. The van der Waals surface area contributed by atoms with Gasteiger partial charge in [-0.15, -0.1) is 11.3 Å². The molecule has 0 saturated carbocycles. The summed E-state index contributed by atoms with van der Waals surface area (Å²) < 4.78 is 26.3. The molecule has 23 heavy (non-hydrogen) atoms. The van der Waals surface area contributed by atoms with Crippen molar-refractivity contribution in [3.05, 3.63) is 29.8 Å². The van der Waals surface area contributed by atoms with Crippen molar-refractivity contribution in [1.82, 2.24) is 19.9 Å². The standard InChI is InChI=1S/C14H17F2N5OS/c15-13(16)21-8-5-17-11(21)3-4-18-12(22)10-2-1-7-20(10)14-19-6-9-23-14/h5-6,8-10,13H,1-4,7H2,(H,18,22)/t10-/m0/s1. The second-order valence-corrected chi connectivity index (χ2v) is 6.11. The van der Waals surface area contributed by atoms with Crippen LogP contribution in [0.5, 0.6) is 0 Å². The lowest BCUT2D eigenvalue weighted by Crippen LogP contribution is -2.44. The Hall–Kier alpha value is -2.03. The first-order valence-electron chi connectivity index (χ1n) is 7.40. The van der Waals surface area contributed by atoms with Crippen molar-refractivity contribution >= 4 is 22.4 Å². The lowest BCUT2D eigenvalue weighted by atomic mass is 10.2. The average molecular weight is 341 g/mol. The molecule has 0 spiro atoms. The van der Waals surface area contributed by atoms with Crippen LogP contribution in [-0.2, 0) is 11.2 Å². The zero-order chi connectivity index (χ0) is 16.2. The predicted molar refractivity (Wildman–Crippen MR) is 82.7 cm³/mol. The van der Waals surface area contributed by atoms with E-state index in [1.165, 1.54) is 23.7 Å². The largest absolute Gasteiger partial charge is 0.354 e. The molecule has 0 aromatic carbocycles. The molecule has 3 rings (SSSR count). The van der Waals surface area contributed by atoms with Crippen LogP contribution in [-0.4, -0.2) is 39.6 Å². The molecule has 2 aromatic heterocycles. The van der Waals surface area contributed by atoms with Gasteiger partial charge in [-0.1, -0.05) is 0 Å². The van der Waals surface area contributed by atoms with Crippen molar-refractivity contribution < 1.29 is 13.6 Å². The number of anilines is 1. The number of alkyl halides is 2. The molecular weight excluding hydrogens is 324 g/mol. The molecule has 1 amide bonds. The summed E-state index contributed by atoms with van der Waals surface area (Å²) in [7, 11) is 0. The van der Waals surface area contributed by atoms with E-state index >= 15 is 0 Å². The van der Waals surface area contributed by atoms with Crippen molar-refractivity contribution in [3.63, 3.8) is 0 Å². The molecule has 1 N–H and O–H groups in total. The van der Waals surface area contributed by atoms with Crippen LogP contribution in [0.4, 0.5) is 13.9 Å². The summed E-state index contributed by atoms with van der Waals surface area (Å²) in [6.07, 6.45) is 6.28. The molecule has 0 bridgehead atoms. The van der Waals surface area contributed by atoms with Crippen molar-refractivity contribution in [2.75, 3.05) is 18.0 Å². The Labute approximate surface area is 136 Å². The van der Waals surface area contributed by atoms with Gasteiger partial charge in [-0.25, -0.2) is 9.97 Å². The molecule has 6 nitrogen and oxygen atoms in total. The Kier molecular flexibility index (Phi) is 4.85. The van der Waals surface area contributed by atoms with E-state index < -0.39 is 6.55 Å². The van der Waals surface area contributed by atoms with E-state index in [4.69, 9.17) is 0 Å². The van der Waals surface area contributed by atoms with Crippen LogP contribution in [0.1, 0.15) is 25.2 Å². The molecule has 124 valence electrons. The van der Waals surface area contributed by atoms with Gasteiger partial charge in [0.2, 0.25) is 5.91 Å². The summed E-state index contributed by atoms with van der Waals surface area (Å²) in [4.78, 5) is 22.5. The monoisotopic (exact) mass is 341 g/mol. The summed E-state index contributed by atoms with van der Waals surface area (Å²) in [5.74, 6) is 0.177. The number of hydrogen-bond donors (Lipinski definition) is 1. The Morgan fingerprint density at radius 1 is 1.43 bits per heavy atom. The van der Waals surface area contributed by atoms with Crippen LogP contribution in [0.25, 0.3) is 0 Å². The Balaban J connectivity index is 1.54. The van der Waals surface area contributed by atoms with Crippen molar-refractivity contribution in [2.45, 2.75) is 31.9 Å². The zero-order valence-corrected chi connectivity index (χ0v) is 13.2. The van der Waals surface area contributed by atoms with Crippen LogP contribution >= 0.6 is 11.3 Å². The van der Waals surface area contributed by atoms with E-state index in [9.17, 15) is 13.6 Å². The Morgan fingerprint density at radius 2 is 2.30 bits per heavy atom. The van der Waals surface area contributed by atoms with Gasteiger partial charge >= 0.3 is 6.55 Å². The third kappa shape index (κ3) is 3.49. The SMILES string of the molecule is O=C(NCCc1nccn1C(F)F)[C@@H]1CCCN1c1nccs1. The van der Waals surface area contributed by atoms with Gasteiger partial charge < -0.3 is 10.2 Å². The normalized spacial score (nSPS) is 17.9. The second-order valence-electron chi connectivity index (χ2n) is 5.24. The molecule has 1 aliphatic heterocycles. The number of halogens is 2. The average Bonchev–Trinajstić information content (AvgIpc) is 3.26. The number of hydrogen-bond acceptors (Lipinski definition) is 5. The third-order valence-electron chi connectivity index (χ3n) is 3.83. The quantitative estimate of drug-likeness (QED) is 0.874. The van der Waals surface area contributed by atoms with Gasteiger partial charge in [0.25, 0.3) is 0 Å². The molecule has 1 saturated heterocycles. The molecule has 2 aromatic rings. The first-order valence-corrected chi connectivity index (χ1v) is 8.28. The minimum atomic E-state index is -2.61. The topological polar surface area (TPSA) is 63.1 Å². The minimum Gasteiger partial charge on any atom is -0.354 e. The molecule has 0 aliphatic carbocycles. The molecule has 0 unspecified atom stereocenters. The predicted octanol–water partition coefficient (Wildman–Crippen LogP) is 2.06. The van der Waals surface area contributed by atoms with Crippen LogP contribution in [0.15, 0.2) is 24.0 Å². The zero-order valence-electron chi connectivity index (χ0n) is 12.4. The third-order valence-corrected chi connectivity index (χ3v) is 4.64. The van der Waals surface area contributed by atoms with Gasteiger partial charge in [0, 0.05) is 43.5 Å². The molecule has 1 atom stereocenters. The first kappa shape index (κ1) is 15.9. The van der Waals surface area contributed by atoms with Gasteiger partial charge in [0.05, 0.1) is 0 Å². The van der Waals surface area contributed by atoms with Gasteiger partial charge in [0.1, 0.15) is 11.9 Å². The molecular formula is C14H17F2N5OS. The molecule has 1 aliphatic rings. The van der Waals surface area contributed by atoms with Crippen molar-refractivity contribution in [2.24, 2.45) is 0 Å². The van der Waals surface area contributed by atoms with Crippen LogP contribution in [0, 0.1) is 0 Å². The maximum Gasteiger partial charge on any atom is 0.319 e. The van der Waals surface area contributed by atoms with Crippen molar-refractivity contribution in [3.8, 4) is 0 Å². The Bertz CT molecular complexity index is 645.